The molecule has 3 rings (SSSR count). The van der Waals surface area contributed by atoms with E-state index in [9.17, 15) is 9.59 Å². The average molecular weight is 347 g/mol. The van der Waals surface area contributed by atoms with E-state index in [2.05, 4.69) is 15.6 Å². The van der Waals surface area contributed by atoms with Crippen molar-refractivity contribution in [1.29, 1.82) is 0 Å². The number of fused-ring (bicyclic) bond motifs is 1. The van der Waals surface area contributed by atoms with Gasteiger partial charge in [0.2, 0.25) is 5.91 Å². The van der Waals surface area contributed by atoms with Crippen LogP contribution in [0.5, 0.6) is 0 Å². The summed E-state index contributed by atoms with van der Waals surface area (Å²) in [6.07, 6.45) is 0. The number of halogens is 1. The summed E-state index contributed by atoms with van der Waals surface area (Å²) >= 11 is 5.94. The predicted octanol–water partition coefficient (Wildman–Crippen LogP) is 2.60. The second kappa shape index (κ2) is 6.09. The van der Waals surface area contributed by atoms with Crippen LogP contribution in [-0.2, 0) is 11.3 Å². The first-order valence-corrected chi connectivity index (χ1v) is 7.64. The largest absolute Gasteiger partial charge is 0.360 e. The van der Waals surface area contributed by atoms with Crippen LogP contribution < -0.4 is 10.9 Å². The summed E-state index contributed by atoms with van der Waals surface area (Å²) in [5.41, 5.74) is 1.75. The molecule has 2 aromatic heterocycles. The van der Waals surface area contributed by atoms with Crippen LogP contribution in [0.25, 0.3) is 10.9 Å². The molecule has 1 aromatic carbocycles. The first-order chi connectivity index (χ1) is 11.4. The summed E-state index contributed by atoms with van der Waals surface area (Å²) in [4.78, 5) is 24.6. The van der Waals surface area contributed by atoms with Crippen molar-refractivity contribution in [1.82, 2.24) is 14.9 Å². The Hall–Kier alpha value is -2.67. The van der Waals surface area contributed by atoms with Gasteiger partial charge in [-0.2, -0.15) is 5.10 Å². The van der Waals surface area contributed by atoms with E-state index in [4.69, 9.17) is 16.1 Å². The maximum absolute atomic E-state index is 12.4. The maximum atomic E-state index is 12.4. The highest BCUT2D eigenvalue weighted by Gasteiger charge is 2.16. The van der Waals surface area contributed by atoms with E-state index in [1.807, 2.05) is 6.92 Å². The van der Waals surface area contributed by atoms with Crippen molar-refractivity contribution in [2.45, 2.75) is 27.3 Å². The average Bonchev–Trinajstić information content (AvgIpc) is 2.91. The van der Waals surface area contributed by atoms with Crippen molar-refractivity contribution in [3.63, 3.8) is 0 Å². The van der Waals surface area contributed by atoms with Crippen LogP contribution in [0.3, 0.4) is 0 Å². The standard InChI is InChI=1S/C16H15ClN4O3/c1-8-4-5-11(17)6-12(8)18-13(22)7-21-16(23)15-14(9(2)19-21)10(3)24-20-15/h4-6H,7H2,1-3H3,(H,18,22). The molecule has 0 saturated carbocycles. The zero-order chi connectivity index (χ0) is 17.4. The van der Waals surface area contributed by atoms with Gasteiger partial charge in [-0.05, 0) is 38.5 Å². The van der Waals surface area contributed by atoms with Gasteiger partial charge in [0, 0.05) is 10.7 Å². The van der Waals surface area contributed by atoms with Gasteiger partial charge < -0.3 is 9.84 Å². The molecular formula is C16H15ClN4O3. The van der Waals surface area contributed by atoms with Crippen LogP contribution in [0, 0.1) is 20.8 Å². The third-order valence-corrected chi connectivity index (χ3v) is 3.93. The smallest absolute Gasteiger partial charge is 0.297 e. The van der Waals surface area contributed by atoms with Crippen LogP contribution in [-0.4, -0.2) is 20.8 Å². The molecule has 8 heteroatoms. The lowest BCUT2D eigenvalue weighted by Crippen LogP contribution is -2.30. The monoisotopic (exact) mass is 346 g/mol. The first kappa shape index (κ1) is 16.2. The molecule has 7 nitrogen and oxygen atoms in total. The molecule has 0 aliphatic carbocycles. The summed E-state index contributed by atoms with van der Waals surface area (Å²) in [6, 6.07) is 5.19. The lowest BCUT2D eigenvalue weighted by Gasteiger charge is -2.10. The van der Waals surface area contributed by atoms with E-state index in [1.165, 1.54) is 0 Å². The van der Waals surface area contributed by atoms with Gasteiger partial charge in [-0.25, -0.2) is 4.68 Å². The second-order valence-electron chi connectivity index (χ2n) is 5.52. The zero-order valence-corrected chi connectivity index (χ0v) is 14.1. The molecule has 24 heavy (non-hydrogen) atoms. The number of carbonyl (C=O) groups excluding carboxylic acids is 1. The third-order valence-electron chi connectivity index (χ3n) is 3.70. The summed E-state index contributed by atoms with van der Waals surface area (Å²) in [5, 5.41) is 11.8. The van der Waals surface area contributed by atoms with E-state index >= 15 is 0 Å². The Labute approximate surface area is 142 Å². The number of hydrogen-bond acceptors (Lipinski definition) is 5. The topological polar surface area (TPSA) is 90.0 Å². The van der Waals surface area contributed by atoms with Crippen LogP contribution >= 0.6 is 11.6 Å². The number of anilines is 1. The fraction of sp³-hybridized carbons (Fsp3) is 0.250. The van der Waals surface area contributed by atoms with E-state index < -0.39 is 5.56 Å². The van der Waals surface area contributed by atoms with Gasteiger partial charge >= 0.3 is 0 Å². The van der Waals surface area contributed by atoms with E-state index in [-0.39, 0.29) is 18.0 Å². The summed E-state index contributed by atoms with van der Waals surface area (Å²) in [6.45, 7) is 5.07. The number of rotatable bonds is 3. The van der Waals surface area contributed by atoms with Crippen molar-refractivity contribution in [3.05, 3.63) is 50.6 Å². The first-order valence-electron chi connectivity index (χ1n) is 7.26. The number of carbonyl (C=O) groups is 1. The quantitative estimate of drug-likeness (QED) is 0.787. The number of aryl methyl sites for hydroxylation is 3. The highest BCUT2D eigenvalue weighted by molar-refractivity contribution is 6.31. The van der Waals surface area contributed by atoms with E-state index in [0.29, 0.717) is 27.6 Å². The van der Waals surface area contributed by atoms with Gasteiger partial charge in [0.25, 0.3) is 5.56 Å². The lowest BCUT2D eigenvalue weighted by atomic mass is 10.2. The van der Waals surface area contributed by atoms with Crippen molar-refractivity contribution >= 4 is 34.1 Å². The molecule has 0 unspecified atom stereocenters. The van der Waals surface area contributed by atoms with Crippen molar-refractivity contribution in [3.8, 4) is 0 Å². The van der Waals surface area contributed by atoms with Gasteiger partial charge in [-0.3, -0.25) is 9.59 Å². The molecule has 0 bridgehead atoms. The fourth-order valence-electron chi connectivity index (χ4n) is 2.50. The molecule has 0 spiro atoms. The molecule has 0 atom stereocenters. The Kier molecular flexibility index (Phi) is 4.11. The van der Waals surface area contributed by atoms with Gasteiger partial charge in [-0.15, -0.1) is 0 Å². The minimum atomic E-state index is -0.467. The molecule has 0 radical (unpaired) electrons. The Morgan fingerprint density at radius 1 is 1.33 bits per heavy atom. The van der Waals surface area contributed by atoms with E-state index in [1.54, 1.807) is 32.0 Å². The van der Waals surface area contributed by atoms with Crippen LogP contribution in [0.15, 0.2) is 27.5 Å². The third kappa shape index (κ3) is 2.90. The van der Waals surface area contributed by atoms with Gasteiger partial charge in [-0.1, -0.05) is 22.8 Å². The molecule has 1 N–H and O–H groups in total. The number of hydrogen-bond donors (Lipinski definition) is 1. The number of amides is 1. The number of aromatic nitrogens is 3. The Bertz CT molecular complexity index is 1010. The predicted molar refractivity (Wildman–Crippen MR) is 90.4 cm³/mol. The van der Waals surface area contributed by atoms with E-state index in [0.717, 1.165) is 10.2 Å². The SMILES string of the molecule is Cc1ccc(Cl)cc1NC(=O)Cn1nc(C)c2c(C)onc2c1=O. The van der Waals surface area contributed by atoms with Crippen LogP contribution in [0.1, 0.15) is 17.0 Å². The molecular weight excluding hydrogens is 332 g/mol. The molecule has 3 aromatic rings. The Balaban J connectivity index is 1.90. The minimum Gasteiger partial charge on any atom is -0.360 e. The van der Waals surface area contributed by atoms with Crippen LogP contribution in [0.2, 0.25) is 5.02 Å². The van der Waals surface area contributed by atoms with Gasteiger partial charge in [0.15, 0.2) is 5.52 Å². The Morgan fingerprint density at radius 3 is 2.83 bits per heavy atom. The highest BCUT2D eigenvalue weighted by Crippen LogP contribution is 2.20. The number of benzene rings is 1. The Morgan fingerprint density at radius 2 is 2.08 bits per heavy atom. The molecule has 0 aliphatic heterocycles. The fourth-order valence-corrected chi connectivity index (χ4v) is 2.68. The molecule has 2 heterocycles. The van der Waals surface area contributed by atoms with Crippen molar-refractivity contribution in [2.24, 2.45) is 0 Å². The van der Waals surface area contributed by atoms with Crippen molar-refractivity contribution < 1.29 is 9.32 Å². The molecule has 1 amide bonds. The molecule has 0 saturated heterocycles. The lowest BCUT2D eigenvalue weighted by molar-refractivity contribution is -0.117. The molecule has 124 valence electrons. The van der Waals surface area contributed by atoms with Gasteiger partial charge in [0.05, 0.1) is 11.1 Å². The maximum Gasteiger partial charge on any atom is 0.297 e. The summed E-state index contributed by atoms with van der Waals surface area (Å²) in [5.74, 6) is 0.146. The van der Waals surface area contributed by atoms with Crippen molar-refractivity contribution in [2.75, 3.05) is 5.32 Å². The normalized spacial score (nSPS) is 11.0. The molecule has 0 fully saturated rings. The number of nitrogens with zero attached hydrogens (tertiary/aromatic N) is 3. The van der Waals surface area contributed by atoms with Crippen LogP contribution in [0.4, 0.5) is 5.69 Å². The summed E-state index contributed by atoms with van der Waals surface area (Å²) < 4.78 is 6.12. The second-order valence-corrected chi connectivity index (χ2v) is 5.95. The highest BCUT2D eigenvalue weighted by atomic mass is 35.5. The summed E-state index contributed by atoms with van der Waals surface area (Å²) in [7, 11) is 0. The minimum absolute atomic E-state index is 0.173. The zero-order valence-electron chi connectivity index (χ0n) is 13.4. The van der Waals surface area contributed by atoms with Gasteiger partial charge in [0.1, 0.15) is 12.3 Å². The number of nitrogens with one attached hydrogen (secondary N) is 1. The molecule has 0 aliphatic rings.